The smallest absolute Gasteiger partial charge is 0.241 e. The number of rotatable bonds is 7. The molecule has 1 aliphatic heterocycles. The van der Waals surface area contributed by atoms with Crippen LogP contribution < -0.4 is 5.32 Å². The summed E-state index contributed by atoms with van der Waals surface area (Å²) < 4.78 is 0. The molecule has 0 bridgehead atoms. The fourth-order valence-corrected chi connectivity index (χ4v) is 5.67. The van der Waals surface area contributed by atoms with E-state index in [2.05, 4.69) is 46.3 Å². The molecule has 1 amide bonds. The first kappa shape index (κ1) is 19.9. The highest BCUT2D eigenvalue weighted by Gasteiger charge is 2.48. The van der Waals surface area contributed by atoms with Crippen molar-refractivity contribution in [2.24, 2.45) is 5.92 Å². The summed E-state index contributed by atoms with van der Waals surface area (Å²) in [6, 6.07) is 8.66. The van der Waals surface area contributed by atoms with Gasteiger partial charge in [-0.25, -0.2) is 0 Å². The van der Waals surface area contributed by atoms with Crippen LogP contribution in [0.15, 0.2) is 24.3 Å². The fraction of sp³-hybridized carbons (Fsp3) is 0.708. The lowest BCUT2D eigenvalue weighted by Gasteiger charge is -2.44. The number of nitrogens with zero attached hydrogens (tertiary/aromatic N) is 2. The highest BCUT2D eigenvalue weighted by Crippen LogP contribution is 2.36. The molecule has 0 atom stereocenters. The molecule has 154 valence electrons. The van der Waals surface area contributed by atoms with E-state index in [-0.39, 0.29) is 11.4 Å². The van der Waals surface area contributed by atoms with Gasteiger partial charge in [0.2, 0.25) is 5.91 Å². The second-order valence-electron chi connectivity index (χ2n) is 9.12. The maximum absolute atomic E-state index is 13.5. The summed E-state index contributed by atoms with van der Waals surface area (Å²) in [4.78, 5) is 18.5. The van der Waals surface area contributed by atoms with E-state index in [1.807, 2.05) is 0 Å². The second-order valence-corrected chi connectivity index (χ2v) is 9.12. The third-order valence-electron chi connectivity index (χ3n) is 7.48. The lowest BCUT2D eigenvalue weighted by atomic mass is 9.90. The van der Waals surface area contributed by atoms with Gasteiger partial charge in [-0.1, -0.05) is 56.9 Å². The van der Waals surface area contributed by atoms with Gasteiger partial charge in [0, 0.05) is 45.6 Å². The molecule has 1 saturated heterocycles. The Morgan fingerprint density at radius 2 is 1.71 bits per heavy atom. The minimum absolute atomic E-state index is 0.264. The van der Waals surface area contributed by atoms with Crippen LogP contribution in [0.4, 0.5) is 0 Å². The summed E-state index contributed by atoms with van der Waals surface area (Å²) in [5.74, 6) is 1.17. The number of hydrogen-bond donors (Lipinski definition) is 1. The van der Waals surface area contributed by atoms with Crippen LogP contribution in [0, 0.1) is 5.92 Å². The average Bonchev–Trinajstić information content (AvgIpc) is 3.39. The van der Waals surface area contributed by atoms with Crippen molar-refractivity contribution < 1.29 is 4.79 Å². The van der Waals surface area contributed by atoms with Gasteiger partial charge in [0.05, 0.1) is 0 Å². The van der Waals surface area contributed by atoms with Crippen molar-refractivity contribution >= 4 is 5.91 Å². The van der Waals surface area contributed by atoms with Gasteiger partial charge < -0.3 is 10.2 Å². The van der Waals surface area contributed by atoms with Crippen LogP contribution >= 0.6 is 0 Å². The van der Waals surface area contributed by atoms with Gasteiger partial charge in [-0.3, -0.25) is 9.69 Å². The molecule has 4 nitrogen and oxygen atoms in total. The molecule has 2 aliphatic carbocycles. The summed E-state index contributed by atoms with van der Waals surface area (Å²) in [5, 5.41) is 3.35. The van der Waals surface area contributed by atoms with Crippen LogP contribution in [0.1, 0.15) is 56.6 Å². The first-order valence-electron chi connectivity index (χ1n) is 11.5. The summed E-state index contributed by atoms with van der Waals surface area (Å²) in [5.41, 5.74) is 2.35. The molecule has 2 fully saturated rings. The Morgan fingerprint density at radius 1 is 1.07 bits per heavy atom. The monoisotopic (exact) mass is 383 g/mol. The molecule has 1 heterocycles. The minimum Gasteiger partial charge on any atom is -0.354 e. The van der Waals surface area contributed by atoms with Crippen molar-refractivity contribution in [3.05, 3.63) is 35.4 Å². The molecule has 4 rings (SSSR count). The van der Waals surface area contributed by atoms with Crippen molar-refractivity contribution in [1.82, 2.24) is 15.1 Å². The number of hydrogen-bond acceptors (Lipinski definition) is 3. The maximum Gasteiger partial charge on any atom is 0.241 e. The van der Waals surface area contributed by atoms with Crippen LogP contribution in [0.3, 0.4) is 0 Å². The zero-order valence-electron chi connectivity index (χ0n) is 17.6. The van der Waals surface area contributed by atoms with Crippen molar-refractivity contribution in [3.63, 3.8) is 0 Å². The van der Waals surface area contributed by atoms with Gasteiger partial charge in [0.25, 0.3) is 0 Å². The fourth-order valence-electron chi connectivity index (χ4n) is 5.67. The second kappa shape index (κ2) is 8.96. The maximum atomic E-state index is 13.5. The van der Waals surface area contributed by atoms with Crippen molar-refractivity contribution in [1.29, 1.82) is 0 Å². The summed E-state index contributed by atoms with van der Waals surface area (Å²) >= 11 is 0. The number of likely N-dealkylation sites (N-methyl/N-ethyl adjacent to an activating group) is 1. The van der Waals surface area contributed by atoms with Crippen LogP contribution in [0.2, 0.25) is 0 Å². The molecular weight excluding hydrogens is 346 g/mol. The Labute approximate surface area is 170 Å². The third-order valence-corrected chi connectivity index (χ3v) is 7.48. The largest absolute Gasteiger partial charge is 0.354 e. The van der Waals surface area contributed by atoms with Crippen LogP contribution in [-0.4, -0.2) is 60.5 Å². The Morgan fingerprint density at radius 3 is 2.32 bits per heavy atom. The first-order chi connectivity index (χ1) is 13.7. The standard InChI is InChI=1S/C24H37N3O/c1-2-26-14-16-27(17-15-26)24(18-21-11-5-6-12-22(21)19-24)23(28)25-13-7-10-20-8-3-4-9-20/h5-6,11-12,20H,2-4,7-10,13-19H2,1H3,(H,25,28). The topological polar surface area (TPSA) is 35.6 Å². The van der Waals surface area contributed by atoms with Crippen LogP contribution in [0.5, 0.6) is 0 Å². The molecule has 0 aromatic heterocycles. The number of carbonyl (C=O) groups excluding carboxylic acids is 1. The van der Waals surface area contributed by atoms with E-state index in [0.717, 1.165) is 64.4 Å². The summed E-state index contributed by atoms with van der Waals surface area (Å²) in [6.45, 7) is 8.31. The van der Waals surface area contributed by atoms with Gasteiger partial charge >= 0.3 is 0 Å². The molecule has 28 heavy (non-hydrogen) atoms. The zero-order valence-corrected chi connectivity index (χ0v) is 17.6. The van der Waals surface area contributed by atoms with E-state index in [0.29, 0.717) is 0 Å². The molecule has 3 aliphatic rings. The Balaban J connectivity index is 1.41. The molecule has 0 spiro atoms. The number of piperazine rings is 1. The first-order valence-corrected chi connectivity index (χ1v) is 11.5. The number of fused-ring (bicyclic) bond motifs is 1. The molecule has 1 aromatic carbocycles. The molecule has 1 N–H and O–H groups in total. The normalized spacial score (nSPS) is 23.0. The Kier molecular flexibility index (Phi) is 6.37. The van der Waals surface area contributed by atoms with E-state index in [9.17, 15) is 4.79 Å². The Hall–Kier alpha value is -1.39. The van der Waals surface area contributed by atoms with Crippen molar-refractivity contribution in [2.45, 2.75) is 63.8 Å². The Bertz CT molecular complexity index is 635. The van der Waals surface area contributed by atoms with Crippen LogP contribution in [0.25, 0.3) is 0 Å². The van der Waals surface area contributed by atoms with Crippen LogP contribution in [-0.2, 0) is 17.6 Å². The SMILES string of the molecule is CCN1CCN(C2(C(=O)NCCCC3CCCC3)Cc3ccccc3C2)CC1. The van der Waals surface area contributed by atoms with Gasteiger partial charge in [0.15, 0.2) is 0 Å². The zero-order chi connectivity index (χ0) is 19.4. The molecule has 1 aromatic rings. The molecule has 0 radical (unpaired) electrons. The number of amides is 1. The summed E-state index contributed by atoms with van der Waals surface area (Å²) in [6.07, 6.45) is 9.74. The van der Waals surface area contributed by atoms with Gasteiger partial charge in [-0.2, -0.15) is 0 Å². The van der Waals surface area contributed by atoms with Gasteiger partial charge in [-0.15, -0.1) is 0 Å². The quantitative estimate of drug-likeness (QED) is 0.734. The predicted octanol–water partition coefficient (Wildman–Crippen LogP) is 3.25. The highest BCUT2D eigenvalue weighted by atomic mass is 16.2. The molecular formula is C24H37N3O. The van der Waals surface area contributed by atoms with E-state index in [1.165, 1.54) is 43.2 Å². The predicted molar refractivity (Wildman–Crippen MR) is 114 cm³/mol. The number of benzene rings is 1. The van der Waals surface area contributed by atoms with Gasteiger partial charge in [0.1, 0.15) is 5.54 Å². The lowest BCUT2D eigenvalue weighted by molar-refractivity contribution is -0.134. The van der Waals surface area contributed by atoms with E-state index in [4.69, 9.17) is 0 Å². The van der Waals surface area contributed by atoms with Crippen molar-refractivity contribution in [2.75, 3.05) is 39.3 Å². The summed E-state index contributed by atoms with van der Waals surface area (Å²) in [7, 11) is 0. The highest BCUT2D eigenvalue weighted by molar-refractivity contribution is 5.88. The average molecular weight is 384 g/mol. The molecule has 4 heteroatoms. The van der Waals surface area contributed by atoms with E-state index in [1.54, 1.807) is 0 Å². The molecule has 0 unspecified atom stereocenters. The third kappa shape index (κ3) is 4.13. The molecule has 1 saturated carbocycles. The van der Waals surface area contributed by atoms with Gasteiger partial charge in [-0.05, 0) is 36.4 Å². The minimum atomic E-state index is -0.378. The number of nitrogens with one attached hydrogen (secondary N) is 1. The van der Waals surface area contributed by atoms with E-state index < -0.39 is 0 Å². The lowest BCUT2D eigenvalue weighted by Crippen LogP contribution is -2.64. The number of carbonyl (C=O) groups is 1. The van der Waals surface area contributed by atoms with E-state index >= 15 is 0 Å². The van der Waals surface area contributed by atoms with Crippen molar-refractivity contribution in [3.8, 4) is 0 Å².